The highest BCUT2D eigenvalue weighted by Gasteiger charge is 2.25. The van der Waals surface area contributed by atoms with Crippen LogP contribution in [-0.2, 0) is 21.1 Å². The van der Waals surface area contributed by atoms with Gasteiger partial charge in [0.1, 0.15) is 0 Å². The average molecular weight is 445 g/mol. The maximum atomic E-state index is 13.5. The predicted molar refractivity (Wildman–Crippen MR) is 122 cm³/mol. The second-order valence-corrected chi connectivity index (χ2v) is 10.8. The summed E-state index contributed by atoms with van der Waals surface area (Å²) in [5, 5.41) is -0.503. The van der Waals surface area contributed by atoms with E-state index in [1.54, 1.807) is 26.0 Å². The van der Waals surface area contributed by atoms with Gasteiger partial charge >= 0.3 is 0 Å². The first-order chi connectivity index (χ1) is 14.8. The Hall–Kier alpha value is -2.22. The molecule has 0 bridgehead atoms. The number of carbonyl (C=O) groups is 1. The lowest BCUT2D eigenvalue weighted by Gasteiger charge is -2.35. The number of rotatable bonds is 8. The van der Waals surface area contributed by atoms with E-state index in [2.05, 4.69) is 11.8 Å². The summed E-state index contributed by atoms with van der Waals surface area (Å²) >= 11 is 0. The number of ether oxygens (including phenoxy) is 1. The van der Waals surface area contributed by atoms with Crippen molar-refractivity contribution in [3.63, 3.8) is 0 Å². The van der Waals surface area contributed by atoms with Crippen molar-refractivity contribution in [1.29, 1.82) is 0 Å². The van der Waals surface area contributed by atoms with E-state index < -0.39 is 15.1 Å². The Kier molecular flexibility index (Phi) is 7.86. The molecule has 7 heteroatoms. The zero-order chi connectivity index (χ0) is 22.4. The number of benzene rings is 2. The molecule has 1 saturated heterocycles. The summed E-state index contributed by atoms with van der Waals surface area (Å²) in [6, 6.07) is 16.2. The highest BCUT2D eigenvalue weighted by Crippen LogP contribution is 2.19. The van der Waals surface area contributed by atoms with Crippen LogP contribution in [0.1, 0.15) is 36.7 Å². The van der Waals surface area contributed by atoms with Gasteiger partial charge in [0.2, 0.25) is 0 Å². The molecule has 1 atom stereocenters. The van der Waals surface area contributed by atoms with Gasteiger partial charge in [-0.25, -0.2) is 8.42 Å². The van der Waals surface area contributed by atoms with Crippen molar-refractivity contribution >= 4 is 15.7 Å². The van der Waals surface area contributed by atoms with Crippen molar-refractivity contribution in [3.8, 4) is 0 Å². The monoisotopic (exact) mass is 444 g/mol. The molecule has 6 nitrogen and oxygen atoms in total. The molecule has 1 aliphatic heterocycles. The van der Waals surface area contributed by atoms with Gasteiger partial charge in [-0.3, -0.25) is 9.69 Å². The lowest BCUT2D eigenvalue weighted by atomic mass is 10.1. The third kappa shape index (κ3) is 5.93. The zero-order valence-electron chi connectivity index (χ0n) is 18.5. The van der Waals surface area contributed by atoms with Crippen LogP contribution in [0.3, 0.4) is 0 Å². The fraction of sp³-hybridized carbons (Fsp3) is 0.458. The van der Waals surface area contributed by atoms with E-state index in [0.29, 0.717) is 25.3 Å². The van der Waals surface area contributed by atoms with Gasteiger partial charge in [0, 0.05) is 37.8 Å². The highest BCUT2D eigenvalue weighted by molar-refractivity contribution is 7.92. The number of amides is 1. The molecule has 31 heavy (non-hydrogen) atoms. The first-order valence-electron chi connectivity index (χ1n) is 10.8. The van der Waals surface area contributed by atoms with E-state index in [1.165, 1.54) is 12.1 Å². The van der Waals surface area contributed by atoms with Gasteiger partial charge in [-0.2, -0.15) is 0 Å². The van der Waals surface area contributed by atoms with Crippen LogP contribution in [0.2, 0.25) is 0 Å². The third-order valence-electron chi connectivity index (χ3n) is 5.67. The van der Waals surface area contributed by atoms with Gasteiger partial charge in [0.05, 0.1) is 23.4 Å². The molecule has 2 aromatic rings. The minimum atomic E-state index is -3.37. The standard InChI is InChI=1S/C24H32N2O4S/c1-19(2)31(28,29)23-11-9-22(10-12-23)24(27)26(18-21-7-5-4-6-8-21)20(3)17-25-13-15-30-16-14-25/h4-12,19-20H,13-18H2,1-3H3. The number of hydrogen-bond donors (Lipinski definition) is 0. The van der Waals surface area contributed by atoms with Gasteiger partial charge in [0.25, 0.3) is 5.91 Å². The molecule has 0 radical (unpaired) electrons. The van der Waals surface area contributed by atoms with E-state index in [-0.39, 0.29) is 16.8 Å². The summed E-state index contributed by atoms with van der Waals surface area (Å²) in [5.41, 5.74) is 1.55. The van der Waals surface area contributed by atoms with E-state index in [4.69, 9.17) is 4.74 Å². The second kappa shape index (κ2) is 10.4. The lowest BCUT2D eigenvalue weighted by molar-refractivity contribution is 0.0228. The van der Waals surface area contributed by atoms with Crippen LogP contribution in [0.15, 0.2) is 59.5 Å². The maximum absolute atomic E-state index is 13.5. The molecule has 1 aliphatic rings. The van der Waals surface area contributed by atoms with Gasteiger partial charge in [-0.05, 0) is 50.6 Å². The number of carbonyl (C=O) groups excluding carboxylic acids is 1. The smallest absolute Gasteiger partial charge is 0.254 e. The predicted octanol–water partition coefficient (Wildman–Crippen LogP) is 3.23. The van der Waals surface area contributed by atoms with Crippen molar-refractivity contribution in [1.82, 2.24) is 9.80 Å². The van der Waals surface area contributed by atoms with Crippen molar-refractivity contribution in [2.75, 3.05) is 32.8 Å². The van der Waals surface area contributed by atoms with Gasteiger partial charge in [-0.15, -0.1) is 0 Å². The molecule has 0 saturated carbocycles. The Morgan fingerprint density at radius 2 is 1.61 bits per heavy atom. The minimum absolute atomic E-state index is 0.00937. The quantitative estimate of drug-likeness (QED) is 0.625. The fourth-order valence-corrected chi connectivity index (χ4v) is 4.75. The summed E-state index contributed by atoms with van der Waals surface area (Å²) in [5.74, 6) is -0.0990. The first kappa shape index (κ1) is 23.4. The SMILES string of the molecule is CC(CN1CCOCC1)N(Cc1ccccc1)C(=O)c1ccc(S(=O)(=O)C(C)C)cc1. The molecule has 2 aromatic carbocycles. The van der Waals surface area contributed by atoms with E-state index in [0.717, 1.165) is 25.2 Å². The molecule has 168 valence electrons. The van der Waals surface area contributed by atoms with Crippen molar-refractivity contribution in [3.05, 3.63) is 65.7 Å². The number of sulfone groups is 1. The molecule has 0 aliphatic carbocycles. The summed E-state index contributed by atoms with van der Waals surface area (Å²) in [6.07, 6.45) is 0. The second-order valence-electron chi connectivity index (χ2n) is 8.30. The first-order valence-corrected chi connectivity index (χ1v) is 12.3. The van der Waals surface area contributed by atoms with Crippen molar-refractivity contribution < 1.29 is 17.9 Å². The van der Waals surface area contributed by atoms with Crippen LogP contribution in [0, 0.1) is 0 Å². The van der Waals surface area contributed by atoms with Gasteiger partial charge in [0.15, 0.2) is 9.84 Å². The number of nitrogens with zero attached hydrogens (tertiary/aromatic N) is 2. The fourth-order valence-electron chi connectivity index (χ4n) is 3.69. The van der Waals surface area contributed by atoms with Crippen molar-refractivity contribution in [2.45, 2.75) is 43.5 Å². The molecule has 0 N–H and O–H groups in total. The Morgan fingerprint density at radius 1 is 1.00 bits per heavy atom. The van der Waals surface area contributed by atoms with Gasteiger partial charge in [-0.1, -0.05) is 30.3 Å². The van der Waals surface area contributed by atoms with Crippen LogP contribution in [0.5, 0.6) is 0 Å². The number of hydrogen-bond acceptors (Lipinski definition) is 5. The van der Waals surface area contributed by atoms with E-state index in [9.17, 15) is 13.2 Å². The van der Waals surface area contributed by atoms with Gasteiger partial charge < -0.3 is 9.64 Å². The minimum Gasteiger partial charge on any atom is -0.379 e. The molecule has 0 aromatic heterocycles. The summed E-state index contributed by atoms with van der Waals surface area (Å²) in [7, 11) is -3.37. The van der Waals surface area contributed by atoms with Crippen LogP contribution in [-0.4, -0.2) is 68.3 Å². The molecule has 3 rings (SSSR count). The van der Waals surface area contributed by atoms with E-state index >= 15 is 0 Å². The zero-order valence-corrected chi connectivity index (χ0v) is 19.3. The van der Waals surface area contributed by atoms with Crippen molar-refractivity contribution in [2.24, 2.45) is 0 Å². The van der Waals surface area contributed by atoms with Crippen LogP contribution >= 0.6 is 0 Å². The number of morpholine rings is 1. The highest BCUT2D eigenvalue weighted by atomic mass is 32.2. The van der Waals surface area contributed by atoms with E-state index in [1.807, 2.05) is 35.2 Å². The Balaban J connectivity index is 1.82. The Bertz CT molecular complexity index is 953. The Labute approximate surface area is 185 Å². The normalized spacial score (nSPS) is 16.3. The summed E-state index contributed by atoms with van der Waals surface area (Å²) in [6.45, 7) is 9.79. The summed E-state index contributed by atoms with van der Waals surface area (Å²) < 4.78 is 30.3. The third-order valence-corrected chi connectivity index (χ3v) is 7.84. The molecular weight excluding hydrogens is 412 g/mol. The maximum Gasteiger partial charge on any atom is 0.254 e. The molecule has 1 heterocycles. The van der Waals surface area contributed by atoms with Crippen LogP contribution in [0.25, 0.3) is 0 Å². The topological polar surface area (TPSA) is 66.9 Å². The molecule has 0 spiro atoms. The molecule has 1 fully saturated rings. The average Bonchev–Trinajstić information content (AvgIpc) is 2.78. The van der Waals surface area contributed by atoms with Crippen LogP contribution < -0.4 is 0 Å². The summed E-state index contributed by atoms with van der Waals surface area (Å²) in [4.78, 5) is 17.9. The Morgan fingerprint density at radius 3 is 2.19 bits per heavy atom. The molecule has 1 unspecified atom stereocenters. The van der Waals surface area contributed by atoms with Crippen LogP contribution in [0.4, 0.5) is 0 Å². The lowest BCUT2D eigenvalue weighted by Crippen LogP contribution is -2.48. The largest absolute Gasteiger partial charge is 0.379 e. The molecule has 1 amide bonds. The molecular formula is C24H32N2O4S.